The molecule has 0 saturated carbocycles. The van der Waals surface area contributed by atoms with Gasteiger partial charge in [-0.1, -0.05) is 0 Å². The van der Waals surface area contributed by atoms with Gasteiger partial charge in [-0.3, -0.25) is 14.4 Å². The maximum absolute atomic E-state index is 11.8. The minimum absolute atomic E-state index is 0.0821. The Kier molecular flexibility index (Phi) is 3.79. The number of benzene rings is 1. The molecule has 0 radical (unpaired) electrons. The monoisotopic (exact) mass is 276 g/mol. The number of ketones is 1. The first kappa shape index (κ1) is 13.7. The van der Waals surface area contributed by atoms with Gasteiger partial charge in [0.15, 0.2) is 0 Å². The number of hydrogen-bond acceptors (Lipinski definition) is 5. The minimum Gasteiger partial charge on any atom is -0.460 e. The number of carbonyl (C=O) groups excluding carboxylic acids is 4. The summed E-state index contributed by atoms with van der Waals surface area (Å²) in [4.78, 5) is 45.9. The fraction of sp³-hybridized carbons (Fsp3) is 0.231. The fourth-order valence-electron chi connectivity index (χ4n) is 1.75. The van der Waals surface area contributed by atoms with E-state index in [1.165, 1.54) is 18.2 Å². The van der Waals surface area contributed by atoms with Crippen molar-refractivity contribution in [3.8, 4) is 0 Å². The van der Waals surface area contributed by atoms with E-state index in [4.69, 9.17) is 0 Å². The number of ether oxygens (including phenoxy) is 1. The van der Waals surface area contributed by atoms with Crippen molar-refractivity contribution in [3.63, 3.8) is 0 Å². The lowest BCUT2D eigenvalue weighted by molar-refractivity contribution is -0.137. The Hall–Kier alpha value is -2.70. The van der Waals surface area contributed by atoms with Gasteiger partial charge in [0.25, 0.3) is 5.78 Å². The first-order chi connectivity index (χ1) is 9.51. The Morgan fingerprint density at radius 3 is 2.45 bits per heavy atom. The molecule has 7 nitrogen and oxygen atoms in total. The van der Waals surface area contributed by atoms with Crippen LogP contribution in [0.5, 0.6) is 0 Å². The minimum atomic E-state index is -0.962. The number of anilines is 2. The molecule has 104 valence electrons. The summed E-state index contributed by atoms with van der Waals surface area (Å²) >= 11 is 0. The quantitative estimate of drug-likeness (QED) is 0.366. The van der Waals surface area contributed by atoms with Gasteiger partial charge >= 0.3 is 5.97 Å². The fourth-order valence-corrected chi connectivity index (χ4v) is 1.75. The molecule has 0 spiro atoms. The highest BCUT2D eigenvalue weighted by Gasteiger charge is 2.22. The van der Waals surface area contributed by atoms with Gasteiger partial charge < -0.3 is 15.4 Å². The highest BCUT2D eigenvalue weighted by atomic mass is 16.5. The van der Waals surface area contributed by atoms with Crippen LogP contribution in [-0.2, 0) is 19.1 Å². The van der Waals surface area contributed by atoms with E-state index in [9.17, 15) is 19.2 Å². The Labute approximate surface area is 114 Å². The predicted molar refractivity (Wildman–Crippen MR) is 69.3 cm³/mol. The number of carbonyl (C=O) groups is 4. The second-order valence-electron chi connectivity index (χ2n) is 4.08. The van der Waals surface area contributed by atoms with Crippen molar-refractivity contribution < 1.29 is 23.9 Å². The zero-order chi connectivity index (χ0) is 14.7. The summed E-state index contributed by atoms with van der Waals surface area (Å²) in [6, 6.07) is 4.17. The number of hydrogen-bond donors (Lipinski definition) is 2. The summed E-state index contributed by atoms with van der Waals surface area (Å²) in [6.07, 6.45) is -0.296. The number of esters is 1. The molecule has 1 aromatic carbocycles. The maximum Gasteiger partial charge on any atom is 0.379 e. The van der Waals surface area contributed by atoms with Crippen molar-refractivity contribution >= 4 is 34.9 Å². The van der Waals surface area contributed by atoms with Crippen LogP contribution in [0.3, 0.4) is 0 Å². The molecular weight excluding hydrogens is 264 g/mol. The third kappa shape index (κ3) is 2.82. The molecule has 0 atom stereocenters. The molecule has 1 heterocycles. The first-order valence-corrected chi connectivity index (χ1v) is 5.96. The van der Waals surface area contributed by atoms with E-state index in [-0.39, 0.29) is 24.3 Å². The summed E-state index contributed by atoms with van der Waals surface area (Å²) in [5, 5.41) is 5.02. The van der Waals surface area contributed by atoms with Crippen molar-refractivity contribution in [2.75, 3.05) is 17.2 Å². The molecule has 20 heavy (non-hydrogen) atoms. The van der Waals surface area contributed by atoms with E-state index in [2.05, 4.69) is 15.4 Å². The molecule has 7 heteroatoms. The van der Waals surface area contributed by atoms with Crippen LogP contribution < -0.4 is 10.6 Å². The molecule has 0 saturated heterocycles. The highest BCUT2D eigenvalue weighted by molar-refractivity contribution is 6.40. The van der Waals surface area contributed by atoms with E-state index in [0.29, 0.717) is 5.69 Å². The summed E-state index contributed by atoms with van der Waals surface area (Å²) < 4.78 is 4.62. The smallest absolute Gasteiger partial charge is 0.379 e. The summed E-state index contributed by atoms with van der Waals surface area (Å²) in [7, 11) is 0. The van der Waals surface area contributed by atoms with Crippen molar-refractivity contribution in [1.82, 2.24) is 0 Å². The average molecular weight is 276 g/mol. The van der Waals surface area contributed by atoms with Gasteiger partial charge in [-0.15, -0.1) is 0 Å². The molecule has 0 aromatic heterocycles. The Morgan fingerprint density at radius 2 is 1.80 bits per heavy atom. The van der Waals surface area contributed by atoms with Crippen molar-refractivity contribution in [2.24, 2.45) is 0 Å². The van der Waals surface area contributed by atoms with E-state index >= 15 is 0 Å². The number of Topliss-reactive ketones (excluding diaryl/α,β-unsaturated/α-hetero) is 1. The van der Waals surface area contributed by atoms with Gasteiger partial charge in [0.1, 0.15) is 6.42 Å². The van der Waals surface area contributed by atoms with E-state index in [0.717, 1.165) is 0 Å². The zero-order valence-corrected chi connectivity index (χ0v) is 10.7. The zero-order valence-electron chi connectivity index (χ0n) is 10.7. The van der Waals surface area contributed by atoms with Crippen LogP contribution in [0, 0.1) is 0 Å². The van der Waals surface area contributed by atoms with E-state index in [1.807, 2.05) is 0 Å². The Balaban J connectivity index is 2.32. The number of rotatable bonds is 3. The van der Waals surface area contributed by atoms with Crippen LogP contribution in [-0.4, -0.2) is 30.2 Å². The molecule has 2 N–H and O–H groups in total. The molecule has 2 rings (SSSR count). The standard InChI is InChI=1S/C13H12N2O5/c1-2-20-13(19)12(18)7-3-4-8-9(5-7)15-11(17)6-10(16)14-8/h3-5H,2,6H2,1H3,(H,14,16)(H,15,17). The summed E-state index contributed by atoms with van der Waals surface area (Å²) in [6.45, 7) is 1.69. The first-order valence-electron chi connectivity index (χ1n) is 5.96. The molecular formula is C13H12N2O5. The Morgan fingerprint density at radius 1 is 1.15 bits per heavy atom. The normalized spacial score (nSPS) is 13.7. The SMILES string of the molecule is CCOC(=O)C(=O)c1ccc2c(c1)NC(=O)CC(=O)N2. The number of nitrogens with one attached hydrogen (secondary N) is 2. The van der Waals surface area contributed by atoms with Crippen LogP contribution in [0.2, 0.25) is 0 Å². The third-order valence-corrected chi connectivity index (χ3v) is 2.61. The topological polar surface area (TPSA) is 102 Å². The molecule has 0 fully saturated rings. The van der Waals surface area contributed by atoms with Crippen LogP contribution in [0.15, 0.2) is 18.2 Å². The molecule has 0 unspecified atom stereocenters. The largest absolute Gasteiger partial charge is 0.460 e. The molecule has 1 aliphatic rings. The molecule has 1 aliphatic heterocycles. The second kappa shape index (κ2) is 5.52. The van der Waals surface area contributed by atoms with Gasteiger partial charge in [-0.25, -0.2) is 4.79 Å². The van der Waals surface area contributed by atoms with Crippen molar-refractivity contribution in [2.45, 2.75) is 13.3 Å². The van der Waals surface area contributed by atoms with Crippen LogP contribution >= 0.6 is 0 Å². The van der Waals surface area contributed by atoms with Gasteiger partial charge in [-0.05, 0) is 25.1 Å². The summed E-state index contributed by atoms with van der Waals surface area (Å²) in [5.74, 6) is -2.69. The van der Waals surface area contributed by atoms with Gasteiger partial charge in [0, 0.05) is 5.56 Å². The molecule has 0 bridgehead atoms. The lowest BCUT2D eigenvalue weighted by Crippen LogP contribution is -2.18. The predicted octanol–water partition coefficient (Wildman–Crippen LogP) is 0.713. The van der Waals surface area contributed by atoms with Crippen LogP contribution in [0.4, 0.5) is 11.4 Å². The number of fused-ring (bicyclic) bond motifs is 1. The highest BCUT2D eigenvalue weighted by Crippen LogP contribution is 2.26. The lowest BCUT2D eigenvalue weighted by Gasteiger charge is -2.08. The van der Waals surface area contributed by atoms with Crippen molar-refractivity contribution in [1.29, 1.82) is 0 Å². The third-order valence-electron chi connectivity index (χ3n) is 2.61. The van der Waals surface area contributed by atoms with E-state index in [1.54, 1.807) is 6.92 Å². The molecule has 2 amide bonds. The van der Waals surface area contributed by atoms with E-state index < -0.39 is 23.6 Å². The van der Waals surface area contributed by atoms with Crippen LogP contribution in [0.25, 0.3) is 0 Å². The second-order valence-corrected chi connectivity index (χ2v) is 4.08. The molecule has 1 aromatic rings. The summed E-state index contributed by atoms with van der Waals surface area (Å²) in [5.41, 5.74) is 0.732. The average Bonchev–Trinajstić information content (AvgIpc) is 2.53. The molecule has 0 aliphatic carbocycles. The van der Waals surface area contributed by atoms with Gasteiger partial charge in [-0.2, -0.15) is 0 Å². The van der Waals surface area contributed by atoms with Crippen LogP contribution in [0.1, 0.15) is 23.7 Å². The van der Waals surface area contributed by atoms with Crippen molar-refractivity contribution in [3.05, 3.63) is 23.8 Å². The Bertz CT molecular complexity index is 609. The lowest BCUT2D eigenvalue weighted by atomic mass is 10.1. The van der Waals surface area contributed by atoms with Gasteiger partial charge in [0.2, 0.25) is 11.8 Å². The maximum atomic E-state index is 11.8. The van der Waals surface area contributed by atoms with Gasteiger partial charge in [0.05, 0.1) is 18.0 Å². The number of amides is 2.